The van der Waals surface area contributed by atoms with Gasteiger partial charge in [0.25, 0.3) is 5.91 Å². The Morgan fingerprint density at radius 1 is 1.22 bits per heavy atom. The van der Waals surface area contributed by atoms with E-state index in [2.05, 4.69) is 32.4 Å². The molecule has 9 nitrogen and oxygen atoms in total. The number of imidazole rings is 1. The largest absolute Gasteiger partial charge is 0.495 e. The number of aromatic nitrogens is 2. The lowest BCUT2D eigenvalue weighted by Crippen LogP contribution is -2.48. The Kier molecular flexibility index (Phi) is 8.72. The van der Waals surface area contributed by atoms with Crippen LogP contribution in [0, 0.1) is 23.6 Å². The van der Waals surface area contributed by atoms with E-state index in [1.54, 1.807) is 0 Å². The number of alkyl halides is 3. The molecular weight excluding hydrogens is 546 g/mol. The summed E-state index contributed by atoms with van der Waals surface area (Å²) < 4.78 is 59.9. The summed E-state index contributed by atoms with van der Waals surface area (Å²) in [5.41, 5.74) is 0.244. The molecule has 0 radical (unpaired) electrons. The van der Waals surface area contributed by atoms with Crippen LogP contribution < -0.4 is 15.4 Å². The molecule has 2 heterocycles. The fraction of sp³-hybridized carbons (Fsp3) is 0.393. The monoisotopic (exact) mass is 575 g/mol. The van der Waals surface area contributed by atoms with E-state index < -0.39 is 36.0 Å². The molecule has 1 aromatic heterocycles. The Morgan fingerprint density at radius 3 is 2.63 bits per heavy atom. The molecular formula is C28H29F4N5O4. The molecule has 2 aromatic carbocycles. The number of nitrogens with one attached hydrogen (secondary N) is 2. The van der Waals surface area contributed by atoms with E-state index in [1.807, 2.05) is 14.0 Å². The Bertz CT molecular complexity index is 1530. The maximum atomic E-state index is 14.2. The predicted octanol–water partition coefficient (Wildman–Crippen LogP) is 3.98. The first-order valence-electron chi connectivity index (χ1n) is 12.7. The molecule has 0 unspecified atom stereocenters. The van der Waals surface area contributed by atoms with E-state index in [0.29, 0.717) is 0 Å². The number of carboxylic acid groups (broad SMARTS) is 1. The summed E-state index contributed by atoms with van der Waals surface area (Å²) in [4.78, 5) is 30.8. The summed E-state index contributed by atoms with van der Waals surface area (Å²) in [7, 11) is 3.30. The average molecular weight is 576 g/mol. The number of carbonyl (C=O) groups excluding carboxylic acids is 1. The Hall–Kier alpha value is -4.31. The van der Waals surface area contributed by atoms with Crippen LogP contribution in [-0.2, 0) is 6.54 Å². The fourth-order valence-electron chi connectivity index (χ4n) is 4.85. The fourth-order valence-corrected chi connectivity index (χ4v) is 4.85. The molecule has 0 saturated carbocycles. The van der Waals surface area contributed by atoms with Crippen molar-refractivity contribution in [1.82, 2.24) is 19.8 Å². The molecule has 0 aliphatic carbocycles. The number of ether oxygens (including phenoxy) is 1. The van der Waals surface area contributed by atoms with Gasteiger partial charge in [-0.25, -0.2) is 14.2 Å². The minimum Gasteiger partial charge on any atom is -0.495 e. The molecule has 13 heteroatoms. The highest BCUT2D eigenvalue weighted by molar-refractivity contribution is 6.05. The van der Waals surface area contributed by atoms with Gasteiger partial charge in [-0.15, -0.1) is 0 Å². The molecule has 218 valence electrons. The van der Waals surface area contributed by atoms with Gasteiger partial charge in [-0.05, 0) is 44.1 Å². The summed E-state index contributed by atoms with van der Waals surface area (Å²) in [5, 5.41) is 14.9. The summed E-state index contributed by atoms with van der Waals surface area (Å²) in [6.45, 7) is 2.30. The van der Waals surface area contributed by atoms with Gasteiger partial charge >= 0.3 is 12.1 Å². The number of piperidine rings is 1. The Balaban J connectivity index is 1.62. The first kappa shape index (κ1) is 29.7. The van der Waals surface area contributed by atoms with Crippen molar-refractivity contribution in [1.29, 1.82) is 0 Å². The number of methoxy groups -OCH3 is 1. The van der Waals surface area contributed by atoms with Crippen molar-refractivity contribution in [2.45, 2.75) is 32.1 Å². The van der Waals surface area contributed by atoms with Crippen LogP contribution in [0.15, 0.2) is 30.6 Å². The molecule has 1 saturated heterocycles. The number of benzene rings is 2. The molecule has 1 fully saturated rings. The first-order chi connectivity index (χ1) is 19.4. The van der Waals surface area contributed by atoms with Gasteiger partial charge in [0.05, 0.1) is 42.3 Å². The Labute approximate surface area is 233 Å². The van der Waals surface area contributed by atoms with Crippen LogP contribution >= 0.6 is 0 Å². The van der Waals surface area contributed by atoms with Crippen LogP contribution in [0.5, 0.6) is 5.75 Å². The van der Waals surface area contributed by atoms with Crippen LogP contribution in [0.3, 0.4) is 0 Å². The van der Waals surface area contributed by atoms with Crippen molar-refractivity contribution in [3.63, 3.8) is 0 Å². The molecule has 1 amide bonds. The highest BCUT2D eigenvalue weighted by atomic mass is 19.4. The summed E-state index contributed by atoms with van der Waals surface area (Å²) in [6, 6.07) is 4.82. The highest BCUT2D eigenvalue weighted by Gasteiger charge is 2.30. The number of nitrogens with zero attached hydrogens (tertiary/aromatic N) is 3. The number of carboxylic acids is 1. The summed E-state index contributed by atoms with van der Waals surface area (Å²) in [5.74, 6) is 3.03. The van der Waals surface area contributed by atoms with Gasteiger partial charge < -0.3 is 29.9 Å². The maximum Gasteiger partial charge on any atom is 0.406 e. The average Bonchev–Trinajstić information content (AvgIpc) is 3.28. The second-order valence-corrected chi connectivity index (χ2v) is 9.98. The van der Waals surface area contributed by atoms with Gasteiger partial charge in [0.1, 0.15) is 23.6 Å². The number of aromatic carboxylic acids is 1. The number of carbonyl (C=O) groups is 2. The van der Waals surface area contributed by atoms with Gasteiger partial charge in [-0.3, -0.25) is 4.79 Å². The minimum absolute atomic E-state index is 0.0449. The quantitative estimate of drug-likeness (QED) is 0.289. The number of fused-ring (bicyclic) bond motifs is 1. The van der Waals surface area contributed by atoms with Crippen LogP contribution in [0.1, 0.15) is 39.6 Å². The van der Waals surface area contributed by atoms with E-state index in [-0.39, 0.29) is 52.1 Å². The van der Waals surface area contributed by atoms with Crippen molar-refractivity contribution in [2.75, 3.05) is 39.1 Å². The smallest absolute Gasteiger partial charge is 0.406 e. The molecule has 1 aliphatic rings. The predicted molar refractivity (Wildman–Crippen MR) is 144 cm³/mol. The van der Waals surface area contributed by atoms with Crippen LogP contribution in [0.2, 0.25) is 0 Å². The molecule has 0 bridgehead atoms. The molecule has 4 rings (SSSR count). The lowest BCUT2D eigenvalue weighted by molar-refractivity contribution is -0.140. The topological polar surface area (TPSA) is 109 Å². The molecule has 0 spiro atoms. The highest BCUT2D eigenvalue weighted by Crippen LogP contribution is 2.28. The Morgan fingerprint density at radius 2 is 1.98 bits per heavy atom. The van der Waals surface area contributed by atoms with Crippen molar-refractivity contribution >= 4 is 28.6 Å². The number of rotatable bonds is 7. The molecule has 1 aliphatic heterocycles. The van der Waals surface area contributed by atoms with E-state index >= 15 is 0 Å². The first-order valence-corrected chi connectivity index (χ1v) is 12.7. The van der Waals surface area contributed by atoms with Crippen molar-refractivity contribution in [3.8, 4) is 17.6 Å². The van der Waals surface area contributed by atoms with E-state index in [1.165, 1.54) is 19.2 Å². The maximum absolute atomic E-state index is 14.2. The molecule has 2 atom stereocenters. The van der Waals surface area contributed by atoms with E-state index in [4.69, 9.17) is 9.84 Å². The summed E-state index contributed by atoms with van der Waals surface area (Å²) >= 11 is 0. The van der Waals surface area contributed by atoms with Crippen LogP contribution in [0.25, 0.3) is 11.0 Å². The third-order valence-electron chi connectivity index (χ3n) is 6.86. The van der Waals surface area contributed by atoms with Crippen molar-refractivity contribution < 1.29 is 37.0 Å². The molecule has 3 aromatic rings. The zero-order valence-electron chi connectivity index (χ0n) is 22.6. The SMILES string of the molecule is COc1cc(C(=O)O)c(F)cc1NCC#Cc1cc(C(=O)N[C@H]2CCN(C)C[C@@H]2C)c2ncn(CC(F)(F)F)c2c1. The van der Waals surface area contributed by atoms with Gasteiger partial charge in [0.15, 0.2) is 0 Å². The third-order valence-corrected chi connectivity index (χ3v) is 6.86. The van der Waals surface area contributed by atoms with E-state index in [9.17, 15) is 27.2 Å². The number of hydrogen-bond acceptors (Lipinski definition) is 6. The van der Waals surface area contributed by atoms with Crippen LogP contribution in [-0.4, -0.2) is 77.4 Å². The van der Waals surface area contributed by atoms with Gasteiger partial charge in [-0.2, -0.15) is 13.2 Å². The number of amides is 1. The minimum atomic E-state index is -4.50. The van der Waals surface area contributed by atoms with Gasteiger partial charge in [0, 0.05) is 24.2 Å². The standard InChI is InChI=1S/C28H29F4N5O4/c1-16-13-36(2)8-6-21(16)35-26(38)19-9-17(10-23-25(19)34-15-37(23)14-28(30,31)32)5-4-7-33-22-12-20(29)18(27(39)40)11-24(22)41-3/h9-12,15-16,21,33H,6-8,13-14H2,1-3H3,(H,35,38)(H,39,40)/t16-,21-/m0/s1. The zero-order valence-corrected chi connectivity index (χ0v) is 22.6. The third kappa shape index (κ3) is 7.07. The van der Waals surface area contributed by atoms with Crippen molar-refractivity contribution in [3.05, 3.63) is 53.1 Å². The van der Waals surface area contributed by atoms with Crippen LogP contribution in [0.4, 0.5) is 23.2 Å². The second-order valence-electron chi connectivity index (χ2n) is 9.98. The zero-order chi connectivity index (χ0) is 29.9. The lowest BCUT2D eigenvalue weighted by atomic mass is 9.93. The van der Waals surface area contributed by atoms with Crippen molar-refractivity contribution in [2.24, 2.45) is 5.92 Å². The van der Waals surface area contributed by atoms with E-state index in [0.717, 1.165) is 42.5 Å². The van der Waals surface area contributed by atoms with Gasteiger partial charge in [0.2, 0.25) is 0 Å². The van der Waals surface area contributed by atoms with Gasteiger partial charge in [-0.1, -0.05) is 18.8 Å². The normalized spacial score (nSPS) is 17.5. The number of anilines is 1. The number of likely N-dealkylation sites (tertiary alicyclic amines) is 1. The number of hydrogen-bond donors (Lipinski definition) is 3. The molecule has 41 heavy (non-hydrogen) atoms. The second kappa shape index (κ2) is 12.1. The molecule has 3 N–H and O–H groups in total. The number of halogens is 4. The summed E-state index contributed by atoms with van der Waals surface area (Å²) in [6.07, 6.45) is -2.72. The lowest BCUT2D eigenvalue weighted by Gasteiger charge is -2.35.